The Balaban J connectivity index is 1.61. The average molecular weight is 425 g/mol. The van der Waals surface area contributed by atoms with Gasteiger partial charge in [0.25, 0.3) is 5.91 Å². The number of ether oxygens (including phenoxy) is 1. The number of nitrogens with zero attached hydrogens (tertiary/aromatic N) is 3. The van der Waals surface area contributed by atoms with Gasteiger partial charge in [0.1, 0.15) is 5.75 Å². The van der Waals surface area contributed by atoms with Crippen LogP contribution in [0.4, 0.5) is 0 Å². The third-order valence-corrected chi connectivity index (χ3v) is 5.65. The number of aryl methyl sites for hydroxylation is 1. The molecule has 1 unspecified atom stereocenters. The summed E-state index contributed by atoms with van der Waals surface area (Å²) in [4.78, 5) is 24.9. The minimum absolute atomic E-state index is 0.00648. The van der Waals surface area contributed by atoms with E-state index in [1.165, 1.54) is 11.8 Å². The predicted octanol–water partition coefficient (Wildman–Crippen LogP) is 3.60. The summed E-state index contributed by atoms with van der Waals surface area (Å²) in [5.41, 5.74) is 2.24. The summed E-state index contributed by atoms with van der Waals surface area (Å²) < 4.78 is 6.91. The van der Waals surface area contributed by atoms with Crippen LogP contribution >= 0.6 is 11.8 Å². The summed E-state index contributed by atoms with van der Waals surface area (Å²) in [6, 6.07) is 14.1. The van der Waals surface area contributed by atoms with E-state index in [9.17, 15) is 9.59 Å². The van der Waals surface area contributed by atoms with Crippen molar-refractivity contribution in [3.05, 3.63) is 71.0 Å². The molecule has 2 aromatic carbocycles. The maximum atomic E-state index is 12.5. The number of hydrogen-bond donors (Lipinski definition) is 1. The number of hydrogen-bond acceptors (Lipinski definition) is 6. The second-order valence-electron chi connectivity index (χ2n) is 6.90. The van der Waals surface area contributed by atoms with Crippen molar-refractivity contribution in [2.24, 2.45) is 7.05 Å². The van der Waals surface area contributed by atoms with Gasteiger partial charge in [-0.25, -0.2) is 0 Å². The van der Waals surface area contributed by atoms with Gasteiger partial charge in [-0.15, -0.1) is 10.2 Å². The van der Waals surface area contributed by atoms with Gasteiger partial charge in [-0.2, -0.15) is 0 Å². The fraction of sp³-hybridized carbons (Fsp3) is 0.273. The molecule has 0 radical (unpaired) electrons. The minimum Gasteiger partial charge on any atom is -0.497 e. The number of nitrogens with one attached hydrogen (secondary N) is 1. The number of carbonyl (C=O) groups excluding carboxylic acids is 2. The van der Waals surface area contributed by atoms with Crippen LogP contribution in [0, 0.1) is 6.92 Å². The fourth-order valence-electron chi connectivity index (χ4n) is 2.95. The lowest BCUT2D eigenvalue weighted by molar-refractivity contribution is 0.0937. The number of Topliss-reactive ketones (excluding diaryl/α,β-unsaturated/α-hetero) is 1. The Kier molecular flexibility index (Phi) is 6.89. The van der Waals surface area contributed by atoms with E-state index >= 15 is 0 Å². The van der Waals surface area contributed by atoms with Crippen molar-refractivity contribution in [2.45, 2.75) is 25.0 Å². The Hall–Kier alpha value is -3.13. The summed E-state index contributed by atoms with van der Waals surface area (Å²) in [6.07, 6.45) is 0. The molecule has 0 fully saturated rings. The SMILES string of the molecule is COc1ccc(C(=O)CSc2nnc(C(C)NC(=O)c3cccc(C)c3)n2C)cc1. The third-order valence-electron chi connectivity index (χ3n) is 4.63. The van der Waals surface area contributed by atoms with Crippen molar-refractivity contribution in [3.63, 3.8) is 0 Å². The van der Waals surface area contributed by atoms with E-state index < -0.39 is 0 Å². The highest BCUT2D eigenvalue weighted by molar-refractivity contribution is 7.99. The number of carbonyl (C=O) groups is 2. The Morgan fingerprint density at radius 3 is 2.53 bits per heavy atom. The zero-order valence-electron chi connectivity index (χ0n) is 17.4. The molecule has 0 saturated carbocycles. The van der Waals surface area contributed by atoms with Gasteiger partial charge in [-0.05, 0) is 50.2 Å². The topological polar surface area (TPSA) is 86.1 Å². The van der Waals surface area contributed by atoms with Crippen LogP contribution in [-0.4, -0.2) is 39.3 Å². The molecule has 0 spiro atoms. The first-order valence-electron chi connectivity index (χ1n) is 9.46. The molecule has 1 aromatic heterocycles. The number of amides is 1. The molecule has 0 aliphatic rings. The average Bonchev–Trinajstić information content (AvgIpc) is 3.12. The molecule has 0 bridgehead atoms. The second-order valence-corrected chi connectivity index (χ2v) is 7.85. The maximum Gasteiger partial charge on any atom is 0.251 e. The molecule has 1 amide bonds. The number of benzene rings is 2. The normalized spacial score (nSPS) is 11.7. The molecule has 3 rings (SSSR count). The van der Waals surface area contributed by atoms with Crippen LogP contribution in [-0.2, 0) is 7.05 Å². The maximum absolute atomic E-state index is 12.5. The van der Waals surface area contributed by atoms with Gasteiger partial charge in [0.2, 0.25) is 0 Å². The highest BCUT2D eigenvalue weighted by Gasteiger charge is 2.19. The number of thioether (sulfide) groups is 1. The predicted molar refractivity (Wildman–Crippen MR) is 116 cm³/mol. The highest BCUT2D eigenvalue weighted by atomic mass is 32.2. The Bertz CT molecular complexity index is 1050. The first kappa shape index (κ1) is 21.6. The van der Waals surface area contributed by atoms with Crippen LogP contribution in [0.25, 0.3) is 0 Å². The Morgan fingerprint density at radius 1 is 1.13 bits per heavy atom. The zero-order chi connectivity index (χ0) is 21.7. The summed E-state index contributed by atoms with van der Waals surface area (Å²) in [7, 11) is 3.41. The van der Waals surface area contributed by atoms with Crippen LogP contribution in [0.15, 0.2) is 53.7 Å². The number of aromatic nitrogens is 3. The molecule has 1 heterocycles. The molecule has 0 aliphatic carbocycles. The van der Waals surface area contributed by atoms with Crippen LogP contribution in [0.1, 0.15) is 45.1 Å². The molecular formula is C22H24N4O3S. The van der Waals surface area contributed by atoms with Gasteiger partial charge in [0.05, 0.1) is 18.9 Å². The number of rotatable bonds is 8. The van der Waals surface area contributed by atoms with E-state index in [4.69, 9.17) is 4.74 Å². The van der Waals surface area contributed by atoms with Crippen LogP contribution in [0.2, 0.25) is 0 Å². The molecule has 7 nitrogen and oxygen atoms in total. The van der Waals surface area contributed by atoms with E-state index in [1.807, 2.05) is 39.1 Å². The quantitative estimate of drug-likeness (QED) is 0.439. The fourth-order valence-corrected chi connectivity index (χ4v) is 3.76. The van der Waals surface area contributed by atoms with E-state index in [0.29, 0.717) is 27.9 Å². The van der Waals surface area contributed by atoms with Crippen LogP contribution in [0.5, 0.6) is 5.75 Å². The third kappa shape index (κ3) is 5.07. The molecule has 30 heavy (non-hydrogen) atoms. The zero-order valence-corrected chi connectivity index (χ0v) is 18.2. The van der Waals surface area contributed by atoms with E-state index in [1.54, 1.807) is 42.0 Å². The number of methoxy groups -OCH3 is 1. The first-order chi connectivity index (χ1) is 14.4. The Labute approximate surface area is 179 Å². The standard InChI is InChI=1S/C22H24N4O3S/c1-14-6-5-7-17(12-14)21(28)23-15(2)20-24-25-22(26(20)3)30-13-19(27)16-8-10-18(29-4)11-9-16/h5-12,15H,13H2,1-4H3,(H,23,28). The van der Waals surface area contributed by atoms with Crippen molar-refractivity contribution in [1.29, 1.82) is 0 Å². The summed E-state index contributed by atoms with van der Waals surface area (Å²) in [6.45, 7) is 3.80. The second kappa shape index (κ2) is 9.58. The lowest BCUT2D eigenvalue weighted by Gasteiger charge is -2.14. The van der Waals surface area contributed by atoms with Crippen molar-refractivity contribution in [1.82, 2.24) is 20.1 Å². The van der Waals surface area contributed by atoms with E-state index in [-0.39, 0.29) is 23.5 Å². The minimum atomic E-state index is -0.331. The number of ketones is 1. The Morgan fingerprint density at radius 2 is 1.87 bits per heavy atom. The summed E-state index contributed by atoms with van der Waals surface area (Å²) >= 11 is 1.31. The highest BCUT2D eigenvalue weighted by Crippen LogP contribution is 2.21. The van der Waals surface area contributed by atoms with Crippen LogP contribution in [0.3, 0.4) is 0 Å². The lowest BCUT2D eigenvalue weighted by atomic mass is 10.1. The van der Waals surface area contributed by atoms with E-state index in [0.717, 1.165) is 5.56 Å². The molecule has 1 atom stereocenters. The van der Waals surface area contributed by atoms with Crippen molar-refractivity contribution < 1.29 is 14.3 Å². The molecule has 0 saturated heterocycles. The monoisotopic (exact) mass is 424 g/mol. The van der Waals surface area contributed by atoms with Crippen molar-refractivity contribution >= 4 is 23.5 Å². The molecule has 1 N–H and O–H groups in total. The first-order valence-corrected chi connectivity index (χ1v) is 10.4. The molecule has 8 heteroatoms. The van der Waals surface area contributed by atoms with Crippen molar-refractivity contribution in [2.75, 3.05) is 12.9 Å². The summed E-state index contributed by atoms with van der Waals surface area (Å²) in [5.74, 6) is 1.39. The van der Waals surface area contributed by atoms with Gasteiger partial charge < -0.3 is 14.6 Å². The van der Waals surface area contributed by atoms with Gasteiger partial charge in [-0.3, -0.25) is 9.59 Å². The summed E-state index contributed by atoms with van der Waals surface area (Å²) in [5, 5.41) is 11.9. The largest absolute Gasteiger partial charge is 0.497 e. The smallest absolute Gasteiger partial charge is 0.251 e. The van der Waals surface area contributed by atoms with Crippen LogP contribution < -0.4 is 10.1 Å². The van der Waals surface area contributed by atoms with Gasteiger partial charge in [0, 0.05) is 18.2 Å². The molecule has 0 aliphatic heterocycles. The van der Waals surface area contributed by atoms with Crippen molar-refractivity contribution in [3.8, 4) is 5.75 Å². The molecule has 3 aromatic rings. The van der Waals surface area contributed by atoms with Gasteiger partial charge in [0.15, 0.2) is 16.8 Å². The van der Waals surface area contributed by atoms with Gasteiger partial charge in [-0.1, -0.05) is 29.5 Å². The lowest BCUT2D eigenvalue weighted by Crippen LogP contribution is -2.28. The van der Waals surface area contributed by atoms with E-state index in [2.05, 4.69) is 15.5 Å². The molecular weight excluding hydrogens is 400 g/mol. The molecule has 156 valence electrons. The van der Waals surface area contributed by atoms with Gasteiger partial charge >= 0.3 is 0 Å².